The number of piperidine rings is 2. The predicted molar refractivity (Wildman–Crippen MR) is 110 cm³/mol. The summed E-state index contributed by atoms with van der Waals surface area (Å²) in [7, 11) is 0. The maximum absolute atomic E-state index is 12.1. The summed E-state index contributed by atoms with van der Waals surface area (Å²) in [5, 5.41) is 9.26. The number of carbonyl (C=O) groups excluding carboxylic acids is 1. The Hall–Kier alpha value is -1.69. The summed E-state index contributed by atoms with van der Waals surface area (Å²) in [5.41, 5.74) is 1.50. The van der Waals surface area contributed by atoms with Crippen molar-refractivity contribution in [1.29, 1.82) is 0 Å². The van der Waals surface area contributed by atoms with Crippen molar-refractivity contribution in [3.8, 4) is 10.4 Å². The molecule has 4 nitrogen and oxygen atoms in total. The molecule has 0 unspecified atom stereocenters. The molecule has 1 aromatic heterocycles. The summed E-state index contributed by atoms with van der Waals surface area (Å²) in [6.45, 7) is 4.53. The normalized spacial score (nSPS) is 23.9. The second kappa shape index (κ2) is 8.13. The van der Waals surface area contributed by atoms with E-state index in [2.05, 4.69) is 47.4 Å². The third-order valence-corrected chi connectivity index (χ3v) is 7.08. The van der Waals surface area contributed by atoms with Crippen LogP contribution in [0.25, 0.3) is 10.4 Å². The van der Waals surface area contributed by atoms with Crippen LogP contribution in [0.2, 0.25) is 0 Å². The first kappa shape index (κ1) is 18.7. The number of aliphatic hydroxyl groups is 1. The lowest BCUT2D eigenvalue weighted by Crippen LogP contribution is -2.54. The van der Waals surface area contributed by atoms with Crippen molar-refractivity contribution < 1.29 is 9.90 Å². The Morgan fingerprint density at radius 3 is 2.74 bits per heavy atom. The highest BCUT2D eigenvalue weighted by molar-refractivity contribution is 7.15. The fourth-order valence-electron chi connectivity index (χ4n) is 4.65. The molecular weight excluding hydrogens is 356 g/mol. The zero-order chi connectivity index (χ0) is 18.7. The number of likely N-dealkylation sites (tertiary alicyclic amines) is 2. The molecule has 5 heteroatoms. The van der Waals surface area contributed by atoms with Gasteiger partial charge in [0.2, 0.25) is 5.91 Å². The van der Waals surface area contributed by atoms with Crippen molar-refractivity contribution in [1.82, 2.24) is 9.80 Å². The fraction of sp³-hybridized carbons (Fsp3) is 0.500. The van der Waals surface area contributed by atoms with Crippen LogP contribution in [0.15, 0.2) is 42.5 Å². The van der Waals surface area contributed by atoms with Crippen molar-refractivity contribution in [2.75, 3.05) is 32.8 Å². The van der Waals surface area contributed by atoms with Gasteiger partial charge in [-0.15, -0.1) is 11.3 Å². The number of thiophene rings is 1. The van der Waals surface area contributed by atoms with Crippen LogP contribution in [-0.2, 0) is 11.3 Å². The first-order valence-corrected chi connectivity index (χ1v) is 10.7. The topological polar surface area (TPSA) is 43.8 Å². The molecule has 0 aliphatic carbocycles. The number of carbonyl (C=O) groups is 1. The number of hydrogen-bond donors (Lipinski definition) is 1. The van der Waals surface area contributed by atoms with E-state index in [0.29, 0.717) is 13.0 Å². The standard InChI is InChI=1S/C22H28N2O2S/c25-14-13-24-17-22(11-9-21(24)26)10-4-12-23(16-22)15-19-7-8-20(27-19)18-5-2-1-3-6-18/h1-3,5-8,25H,4,9-17H2/t22-/m1/s1. The summed E-state index contributed by atoms with van der Waals surface area (Å²) < 4.78 is 0. The number of nitrogens with zero attached hydrogens (tertiary/aromatic N) is 2. The number of aliphatic hydroxyl groups excluding tert-OH is 1. The summed E-state index contributed by atoms with van der Waals surface area (Å²) in [4.78, 5) is 19.3. The minimum atomic E-state index is 0.0585. The van der Waals surface area contributed by atoms with Crippen LogP contribution < -0.4 is 0 Å². The average Bonchev–Trinajstić information content (AvgIpc) is 3.15. The van der Waals surface area contributed by atoms with Gasteiger partial charge < -0.3 is 10.0 Å². The van der Waals surface area contributed by atoms with Gasteiger partial charge in [-0.2, -0.15) is 0 Å². The van der Waals surface area contributed by atoms with E-state index < -0.39 is 0 Å². The summed E-state index contributed by atoms with van der Waals surface area (Å²) in [5.74, 6) is 0.206. The van der Waals surface area contributed by atoms with Crippen LogP contribution in [0.4, 0.5) is 0 Å². The number of rotatable bonds is 5. The van der Waals surface area contributed by atoms with E-state index in [-0.39, 0.29) is 17.9 Å². The molecule has 1 N–H and O–H groups in total. The molecule has 2 aromatic rings. The zero-order valence-electron chi connectivity index (χ0n) is 15.8. The number of benzene rings is 1. The molecule has 2 fully saturated rings. The molecule has 1 amide bonds. The van der Waals surface area contributed by atoms with E-state index in [0.717, 1.165) is 32.6 Å². The Morgan fingerprint density at radius 1 is 1.07 bits per heavy atom. The smallest absolute Gasteiger partial charge is 0.222 e. The molecule has 3 heterocycles. The summed E-state index contributed by atoms with van der Waals surface area (Å²) in [6.07, 6.45) is 4.01. The molecule has 144 valence electrons. The van der Waals surface area contributed by atoms with Gasteiger partial charge in [0, 0.05) is 47.8 Å². The highest BCUT2D eigenvalue weighted by Crippen LogP contribution is 2.39. The molecule has 4 rings (SSSR count). The molecule has 2 saturated heterocycles. The number of amides is 1. The lowest BCUT2D eigenvalue weighted by molar-refractivity contribution is -0.140. The van der Waals surface area contributed by atoms with E-state index >= 15 is 0 Å². The van der Waals surface area contributed by atoms with Crippen molar-refractivity contribution in [3.63, 3.8) is 0 Å². The minimum absolute atomic E-state index is 0.0585. The molecular formula is C22H28N2O2S. The summed E-state index contributed by atoms with van der Waals surface area (Å²) >= 11 is 1.88. The van der Waals surface area contributed by atoms with Crippen molar-refractivity contribution in [2.24, 2.45) is 5.41 Å². The molecule has 2 aliphatic rings. The monoisotopic (exact) mass is 384 g/mol. The molecule has 0 bridgehead atoms. The van der Waals surface area contributed by atoms with Gasteiger partial charge in [-0.1, -0.05) is 30.3 Å². The minimum Gasteiger partial charge on any atom is -0.395 e. The van der Waals surface area contributed by atoms with E-state index in [1.165, 1.54) is 28.2 Å². The highest BCUT2D eigenvalue weighted by atomic mass is 32.1. The Morgan fingerprint density at radius 2 is 1.93 bits per heavy atom. The van der Waals surface area contributed by atoms with Gasteiger partial charge in [-0.3, -0.25) is 9.69 Å². The second-order valence-electron chi connectivity index (χ2n) is 7.99. The van der Waals surface area contributed by atoms with Gasteiger partial charge in [0.25, 0.3) is 0 Å². The van der Waals surface area contributed by atoms with Gasteiger partial charge >= 0.3 is 0 Å². The van der Waals surface area contributed by atoms with Gasteiger partial charge in [-0.05, 0) is 43.5 Å². The Balaban J connectivity index is 1.42. The maximum atomic E-state index is 12.1. The highest BCUT2D eigenvalue weighted by Gasteiger charge is 2.41. The molecule has 27 heavy (non-hydrogen) atoms. The number of β-amino-alcohol motifs (C(OH)–C–C–N with tert-alkyl or cyclic N) is 1. The quantitative estimate of drug-likeness (QED) is 0.856. The number of hydrogen-bond acceptors (Lipinski definition) is 4. The zero-order valence-corrected chi connectivity index (χ0v) is 16.6. The van der Waals surface area contributed by atoms with E-state index in [4.69, 9.17) is 0 Å². The van der Waals surface area contributed by atoms with Gasteiger partial charge in [0.15, 0.2) is 0 Å². The first-order valence-electron chi connectivity index (χ1n) is 9.93. The van der Waals surface area contributed by atoms with Crippen LogP contribution in [0, 0.1) is 5.41 Å². The SMILES string of the molecule is O=C1CC[C@@]2(CCCN(Cc3ccc(-c4ccccc4)s3)C2)CN1CCO. The largest absolute Gasteiger partial charge is 0.395 e. The van der Waals surface area contributed by atoms with E-state index in [1.54, 1.807) is 0 Å². The average molecular weight is 385 g/mol. The Bertz CT molecular complexity index is 776. The Labute approximate surface area is 165 Å². The van der Waals surface area contributed by atoms with E-state index in [1.807, 2.05) is 16.2 Å². The first-order chi connectivity index (χ1) is 13.2. The maximum Gasteiger partial charge on any atom is 0.222 e. The lowest BCUT2D eigenvalue weighted by Gasteiger charge is -2.48. The van der Waals surface area contributed by atoms with Crippen molar-refractivity contribution in [3.05, 3.63) is 47.3 Å². The second-order valence-corrected chi connectivity index (χ2v) is 9.15. The van der Waals surface area contributed by atoms with Crippen LogP contribution in [-0.4, -0.2) is 53.6 Å². The van der Waals surface area contributed by atoms with Crippen LogP contribution in [0.5, 0.6) is 0 Å². The van der Waals surface area contributed by atoms with Crippen LogP contribution in [0.1, 0.15) is 30.6 Å². The van der Waals surface area contributed by atoms with Gasteiger partial charge in [-0.25, -0.2) is 0 Å². The Kier molecular flexibility index (Phi) is 5.62. The molecule has 0 saturated carbocycles. The fourth-order valence-corrected chi connectivity index (χ4v) is 5.70. The van der Waals surface area contributed by atoms with E-state index in [9.17, 15) is 9.90 Å². The van der Waals surface area contributed by atoms with Crippen molar-refractivity contribution in [2.45, 2.75) is 32.2 Å². The van der Waals surface area contributed by atoms with Crippen LogP contribution >= 0.6 is 11.3 Å². The van der Waals surface area contributed by atoms with Gasteiger partial charge in [0.1, 0.15) is 0 Å². The summed E-state index contributed by atoms with van der Waals surface area (Å²) in [6, 6.07) is 15.1. The molecule has 1 spiro atoms. The molecule has 0 radical (unpaired) electrons. The third kappa shape index (κ3) is 4.26. The van der Waals surface area contributed by atoms with Crippen LogP contribution in [0.3, 0.4) is 0 Å². The lowest BCUT2D eigenvalue weighted by atomic mass is 9.73. The van der Waals surface area contributed by atoms with Crippen molar-refractivity contribution >= 4 is 17.2 Å². The molecule has 2 aliphatic heterocycles. The molecule has 1 atom stereocenters. The third-order valence-electron chi connectivity index (χ3n) is 5.96. The predicted octanol–water partition coefficient (Wildman–Crippen LogP) is 3.61. The van der Waals surface area contributed by atoms with Gasteiger partial charge in [0.05, 0.1) is 6.61 Å². The molecule has 1 aromatic carbocycles.